The van der Waals surface area contributed by atoms with Crippen LogP contribution in [0.15, 0.2) is 42.7 Å². The van der Waals surface area contributed by atoms with Crippen LogP contribution in [0.4, 0.5) is 0 Å². The number of fused-ring (bicyclic) bond motifs is 1. The van der Waals surface area contributed by atoms with E-state index in [1.54, 1.807) is 0 Å². The summed E-state index contributed by atoms with van der Waals surface area (Å²) < 4.78 is 2.06. The van der Waals surface area contributed by atoms with Gasteiger partial charge in [0.2, 0.25) is 0 Å². The SMILES string of the molecule is Cc1cc(CNCCc2nccn2C)c2ccccc2n1. The summed E-state index contributed by atoms with van der Waals surface area (Å²) in [5.41, 5.74) is 3.44. The fraction of sp³-hybridized carbons (Fsp3) is 0.294. The highest BCUT2D eigenvalue weighted by molar-refractivity contribution is 5.82. The van der Waals surface area contributed by atoms with E-state index in [9.17, 15) is 0 Å². The van der Waals surface area contributed by atoms with E-state index >= 15 is 0 Å². The molecule has 108 valence electrons. The first-order valence-electron chi connectivity index (χ1n) is 7.26. The third kappa shape index (κ3) is 3.11. The van der Waals surface area contributed by atoms with Gasteiger partial charge in [-0.3, -0.25) is 4.98 Å². The Morgan fingerprint density at radius 2 is 2.10 bits per heavy atom. The first-order chi connectivity index (χ1) is 10.2. The highest BCUT2D eigenvalue weighted by atomic mass is 15.0. The molecule has 0 spiro atoms. The number of rotatable bonds is 5. The standard InChI is InChI=1S/C17H20N4/c1-13-11-14(15-5-3-4-6-16(15)20-13)12-18-8-7-17-19-9-10-21(17)2/h3-6,9-11,18H,7-8,12H2,1-2H3. The second-order valence-electron chi connectivity index (χ2n) is 5.32. The Bertz CT molecular complexity index is 745. The molecule has 0 saturated heterocycles. The summed E-state index contributed by atoms with van der Waals surface area (Å²) >= 11 is 0. The number of nitrogens with one attached hydrogen (secondary N) is 1. The van der Waals surface area contributed by atoms with Crippen molar-refractivity contribution in [2.75, 3.05) is 6.54 Å². The Balaban J connectivity index is 1.67. The lowest BCUT2D eigenvalue weighted by Crippen LogP contribution is -2.18. The zero-order valence-corrected chi connectivity index (χ0v) is 12.5. The Morgan fingerprint density at radius 1 is 1.24 bits per heavy atom. The molecule has 4 nitrogen and oxygen atoms in total. The minimum atomic E-state index is 0.855. The maximum Gasteiger partial charge on any atom is 0.109 e. The largest absolute Gasteiger partial charge is 0.338 e. The second-order valence-corrected chi connectivity index (χ2v) is 5.32. The summed E-state index contributed by atoms with van der Waals surface area (Å²) in [7, 11) is 2.03. The average Bonchev–Trinajstić information content (AvgIpc) is 2.88. The molecule has 1 N–H and O–H groups in total. The minimum absolute atomic E-state index is 0.855. The van der Waals surface area contributed by atoms with Crippen LogP contribution in [0.5, 0.6) is 0 Å². The summed E-state index contributed by atoms with van der Waals surface area (Å²) in [5.74, 6) is 1.11. The third-order valence-corrected chi connectivity index (χ3v) is 3.69. The van der Waals surface area contributed by atoms with Gasteiger partial charge in [0, 0.05) is 50.0 Å². The number of pyridine rings is 1. The average molecular weight is 280 g/mol. The van der Waals surface area contributed by atoms with Crippen LogP contribution in [0.3, 0.4) is 0 Å². The molecule has 0 bridgehead atoms. The van der Waals surface area contributed by atoms with Gasteiger partial charge >= 0.3 is 0 Å². The van der Waals surface area contributed by atoms with Crippen LogP contribution in [0.2, 0.25) is 0 Å². The lowest BCUT2D eigenvalue weighted by Gasteiger charge is -2.09. The summed E-state index contributed by atoms with van der Waals surface area (Å²) in [6, 6.07) is 10.5. The van der Waals surface area contributed by atoms with Crippen molar-refractivity contribution in [1.29, 1.82) is 0 Å². The molecule has 3 rings (SSSR count). The molecular formula is C17H20N4. The molecule has 0 aliphatic carbocycles. The van der Waals surface area contributed by atoms with E-state index in [0.29, 0.717) is 0 Å². The van der Waals surface area contributed by atoms with Gasteiger partial charge in [-0.15, -0.1) is 0 Å². The van der Waals surface area contributed by atoms with Gasteiger partial charge in [0.25, 0.3) is 0 Å². The monoisotopic (exact) mass is 280 g/mol. The lowest BCUT2D eigenvalue weighted by molar-refractivity contribution is 0.656. The van der Waals surface area contributed by atoms with Crippen molar-refractivity contribution in [2.45, 2.75) is 19.9 Å². The number of para-hydroxylation sites is 1. The van der Waals surface area contributed by atoms with Gasteiger partial charge in [0.15, 0.2) is 0 Å². The second kappa shape index (κ2) is 6.06. The van der Waals surface area contributed by atoms with E-state index in [0.717, 1.165) is 36.5 Å². The fourth-order valence-electron chi connectivity index (χ4n) is 2.60. The summed E-state index contributed by atoms with van der Waals surface area (Å²) in [5, 5.41) is 4.73. The van der Waals surface area contributed by atoms with Gasteiger partial charge in [-0.25, -0.2) is 4.98 Å². The van der Waals surface area contributed by atoms with E-state index in [1.165, 1.54) is 10.9 Å². The van der Waals surface area contributed by atoms with Crippen LogP contribution < -0.4 is 5.32 Å². The van der Waals surface area contributed by atoms with Crippen LogP contribution in [0.25, 0.3) is 10.9 Å². The summed E-state index contributed by atoms with van der Waals surface area (Å²) in [4.78, 5) is 8.91. The molecule has 0 atom stereocenters. The van der Waals surface area contributed by atoms with Crippen molar-refractivity contribution in [3.05, 3.63) is 59.8 Å². The smallest absolute Gasteiger partial charge is 0.109 e. The maximum atomic E-state index is 4.58. The Hall–Kier alpha value is -2.20. The number of imidazole rings is 1. The molecule has 3 aromatic rings. The number of aryl methyl sites for hydroxylation is 2. The topological polar surface area (TPSA) is 42.7 Å². The molecule has 0 saturated carbocycles. The Morgan fingerprint density at radius 3 is 2.90 bits per heavy atom. The molecule has 21 heavy (non-hydrogen) atoms. The molecule has 1 aromatic carbocycles. The predicted octanol–water partition coefficient (Wildman–Crippen LogP) is 2.61. The number of hydrogen-bond acceptors (Lipinski definition) is 3. The van der Waals surface area contributed by atoms with Gasteiger partial charge < -0.3 is 9.88 Å². The highest BCUT2D eigenvalue weighted by Crippen LogP contribution is 2.17. The van der Waals surface area contributed by atoms with Crippen LogP contribution in [-0.2, 0) is 20.0 Å². The fourth-order valence-corrected chi connectivity index (χ4v) is 2.60. The highest BCUT2D eigenvalue weighted by Gasteiger charge is 2.04. The van der Waals surface area contributed by atoms with Crippen molar-refractivity contribution in [3.63, 3.8) is 0 Å². The van der Waals surface area contributed by atoms with E-state index < -0.39 is 0 Å². The van der Waals surface area contributed by atoms with Gasteiger partial charge in [-0.2, -0.15) is 0 Å². The number of aromatic nitrogens is 3. The van der Waals surface area contributed by atoms with Crippen LogP contribution in [-0.4, -0.2) is 21.1 Å². The molecule has 0 fully saturated rings. The molecule has 0 aliphatic rings. The summed E-state index contributed by atoms with van der Waals surface area (Å²) in [6.45, 7) is 3.82. The molecule has 0 radical (unpaired) electrons. The first-order valence-corrected chi connectivity index (χ1v) is 7.26. The van der Waals surface area contributed by atoms with Crippen molar-refractivity contribution >= 4 is 10.9 Å². The quantitative estimate of drug-likeness (QED) is 0.731. The van der Waals surface area contributed by atoms with Crippen molar-refractivity contribution in [1.82, 2.24) is 19.9 Å². The van der Waals surface area contributed by atoms with E-state index in [4.69, 9.17) is 0 Å². The molecule has 2 aromatic heterocycles. The van der Waals surface area contributed by atoms with Crippen molar-refractivity contribution in [2.24, 2.45) is 7.05 Å². The Kier molecular flexibility index (Phi) is 3.97. The molecule has 4 heteroatoms. The minimum Gasteiger partial charge on any atom is -0.338 e. The number of benzene rings is 1. The van der Waals surface area contributed by atoms with E-state index in [2.05, 4.69) is 44.1 Å². The van der Waals surface area contributed by atoms with Crippen LogP contribution in [0.1, 0.15) is 17.1 Å². The van der Waals surface area contributed by atoms with Gasteiger partial charge in [0.1, 0.15) is 5.82 Å². The molecule has 0 unspecified atom stereocenters. The third-order valence-electron chi connectivity index (χ3n) is 3.69. The number of nitrogens with zero attached hydrogens (tertiary/aromatic N) is 3. The van der Waals surface area contributed by atoms with Crippen molar-refractivity contribution in [3.8, 4) is 0 Å². The first kappa shape index (κ1) is 13.8. The van der Waals surface area contributed by atoms with Crippen LogP contribution >= 0.6 is 0 Å². The molecule has 0 aliphatic heterocycles. The van der Waals surface area contributed by atoms with E-state index in [1.807, 2.05) is 32.4 Å². The summed E-state index contributed by atoms with van der Waals surface area (Å²) in [6.07, 6.45) is 4.76. The molecule has 0 amide bonds. The van der Waals surface area contributed by atoms with Gasteiger partial charge in [0.05, 0.1) is 5.52 Å². The van der Waals surface area contributed by atoms with Gasteiger partial charge in [-0.1, -0.05) is 18.2 Å². The Labute approximate surface area is 124 Å². The molecule has 2 heterocycles. The zero-order valence-electron chi connectivity index (χ0n) is 12.5. The van der Waals surface area contributed by atoms with Gasteiger partial charge in [-0.05, 0) is 24.6 Å². The van der Waals surface area contributed by atoms with Crippen molar-refractivity contribution < 1.29 is 0 Å². The molecular weight excluding hydrogens is 260 g/mol. The van der Waals surface area contributed by atoms with E-state index in [-0.39, 0.29) is 0 Å². The van der Waals surface area contributed by atoms with Crippen LogP contribution in [0, 0.1) is 6.92 Å². The normalized spacial score (nSPS) is 11.1. The number of hydrogen-bond donors (Lipinski definition) is 1. The lowest BCUT2D eigenvalue weighted by atomic mass is 10.1. The predicted molar refractivity (Wildman–Crippen MR) is 85.1 cm³/mol. The zero-order chi connectivity index (χ0) is 14.7. The maximum absolute atomic E-state index is 4.58.